The van der Waals surface area contributed by atoms with Crippen LogP contribution in [-0.2, 0) is 4.74 Å². The minimum Gasteiger partial charge on any atom is -0.433 e. The van der Waals surface area contributed by atoms with Crippen molar-refractivity contribution in [3.63, 3.8) is 0 Å². The smallest absolute Gasteiger partial charge is 0.340 e. The quantitative estimate of drug-likeness (QED) is 0.722. The van der Waals surface area contributed by atoms with Crippen LogP contribution in [0.1, 0.15) is 22.1 Å². The van der Waals surface area contributed by atoms with Gasteiger partial charge in [0.05, 0.1) is 5.56 Å². The highest BCUT2D eigenvalue weighted by Crippen LogP contribution is 2.32. The number of hydrogen-bond acceptors (Lipinski definition) is 3. The first kappa shape index (κ1) is 10.5. The summed E-state index contributed by atoms with van der Waals surface area (Å²) in [4.78, 5) is 24.3. The Hall–Kier alpha value is -2.04. The molecule has 0 aromatic heterocycles. The number of rotatable bonds is 1. The number of hydrogen-bond donors (Lipinski definition) is 1. The molecule has 16 heavy (non-hydrogen) atoms. The number of urea groups is 1. The number of fused-ring (bicyclic) bond motifs is 1. The molecule has 1 aliphatic rings. The lowest BCUT2D eigenvalue weighted by atomic mass is 10.1. The zero-order chi connectivity index (χ0) is 11.7. The lowest BCUT2D eigenvalue weighted by Gasteiger charge is -2.23. The maximum atomic E-state index is 11.5. The van der Waals surface area contributed by atoms with Crippen LogP contribution in [0.2, 0.25) is 0 Å². The van der Waals surface area contributed by atoms with Crippen molar-refractivity contribution in [2.75, 3.05) is 14.1 Å². The van der Waals surface area contributed by atoms with Gasteiger partial charge in [-0.1, -0.05) is 18.2 Å². The first-order valence-electron chi connectivity index (χ1n) is 4.89. The SMILES string of the molecule is CNC(=O)N(C)C1OC(=O)c2ccccc21. The van der Waals surface area contributed by atoms with E-state index in [2.05, 4.69) is 5.32 Å². The van der Waals surface area contributed by atoms with Crippen LogP contribution in [-0.4, -0.2) is 31.0 Å². The van der Waals surface area contributed by atoms with Crippen molar-refractivity contribution in [3.05, 3.63) is 35.4 Å². The standard InChI is InChI=1S/C11H12N2O3/c1-12-11(15)13(2)9-7-5-3-4-6-8(7)10(14)16-9/h3-6,9H,1-2H3,(H,12,15). The van der Waals surface area contributed by atoms with E-state index in [9.17, 15) is 9.59 Å². The molecule has 0 radical (unpaired) electrons. The molecule has 0 aliphatic carbocycles. The topological polar surface area (TPSA) is 58.6 Å². The molecule has 1 aromatic carbocycles. The lowest BCUT2D eigenvalue weighted by molar-refractivity contribution is 0.00192. The molecule has 1 aromatic rings. The predicted octanol–water partition coefficient (Wildman–Crippen LogP) is 1.13. The molecular formula is C11H12N2O3. The van der Waals surface area contributed by atoms with Crippen molar-refractivity contribution in [3.8, 4) is 0 Å². The summed E-state index contributed by atoms with van der Waals surface area (Å²) < 4.78 is 5.14. The fourth-order valence-corrected chi connectivity index (χ4v) is 1.70. The number of ether oxygens (including phenoxy) is 1. The van der Waals surface area contributed by atoms with Crippen molar-refractivity contribution < 1.29 is 14.3 Å². The number of benzene rings is 1. The maximum absolute atomic E-state index is 11.5. The third kappa shape index (κ3) is 1.50. The molecule has 84 valence electrons. The van der Waals surface area contributed by atoms with Crippen LogP contribution < -0.4 is 5.32 Å². The first-order valence-corrected chi connectivity index (χ1v) is 4.89. The number of amides is 2. The van der Waals surface area contributed by atoms with Gasteiger partial charge in [-0.25, -0.2) is 9.59 Å². The minimum absolute atomic E-state index is 0.297. The van der Waals surface area contributed by atoms with E-state index >= 15 is 0 Å². The maximum Gasteiger partial charge on any atom is 0.340 e. The Balaban J connectivity index is 2.34. The van der Waals surface area contributed by atoms with Gasteiger partial charge in [-0.3, -0.25) is 4.90 Å². The second-order valence-corrected chi connectivity index (χ2v) is 3.51. The Bertz CT molecular complexity index is 445. The Morgan fingerprint density at radius 1 is 1.44 bits per heavy atom. The van der Waals surface area contributed by atoms with E-state index in [0.29, 0.717) is 5.56 Å². The molecule has 1 aliphatic heterocycles. The first-order chi connectivity index (χ1) is 7.65. The number of carbonyl (C=O) groups is 2. The number of esters is 1. The number of cyclic esters (lactones) is 1. The molecule has 1 heterocycles. The molecule has 0 saturated carbocycles. The zero-order valence-corrected chi connectivity index (χ0v) is 9.06. The third-order valence-corrected chi connectivity index (χ3v) is 2.55. The summed E-state index contributed by atoms with van der Waals surface area (Å²) in [5.74, 6) is -0.392. The highest BCUT2D eigenvalue weighted by Gasteiger charge is 2.35. The van der Waals surface area contributed by atoms with Gasteiger partial charge in [0.1, 0.15) is 0 Å². The van der Waals surface area contributed by atoms with Crippen molar-refractivity contribution in [2.24, 2.45) is 0 Å². The van der Waals surface area contributed by atoms with Crippen LogP contribution in [0.15, 0.2) is 24.3 Å². The Morgan fingerprint density at radius 2 is 2.12 bits per heavy atom. The highest BCUT2D eigenvalue weighted by molar-refractivity contribution is 5.94. The molecule has 1 unspecified atom stereocenters. The van der Waals surface area contributed by atoms with E-state index in [0.717, 1.165) is 5.56 Å². The number of carbonyl (C=O) groups excluding carboxylic acids is 2. The van der Waals surface area contributed by atoms with Gasteiger partial charge >= 0.3 is 12.0 Å². The van der Waals surface area contributed by atoms with Gasteiger partial charge in [-0.15, -0.1) is 0 Å². The van der Waals surface area contributed by atoms with E-state index < -0.39 is 12.2 Å². The normalized spacial score (nSPS) is 17.6. The molecule has 1 atom stereocenters. The molecule has 1 N–H and O–H groups in total. The average molecular weight is 220 g/mol. The van der Waals surface area contributed by atoms with Gasteiger partial charge in [0.2, 0.25) is 6.23 Å². The lowest BCUT2D eigenvalue weighted by Crippen LogP contribution is -2.37. The van der Waals surface area contributed by atoms with Crippen LogP contribution in [0.5, 0.6) is 0 Å². The number of nitrogens with one attached hydrogen (secondary N) is 1. The summed E-state index contributed by atoms with van der Waals surface area (Å²) in [7, 11) is 3.11. The second-order valence-electron chi connectivity index (χ2n) is 3.51. The summed E-state index contributed by atoms with van der Waals surface area (Å²) in [6.45, 7) is 0. The monoisotopic (exact) mass is 220 g/mol. The Labute approximate surface area is 93.0 Å². The van der Waals surface area contributed by atoms with Crippen molar-refractivity contribution >= 4 is 12.0 Å². The number of nitrogens with zero attached hydrogens (tertiary/aromatic N) is 1. The second kappa shape index (κ2) is 3.84. The van der Waals surface area contributed by atoms with Crippen LogP contribution in [0.4, 0.5) is 4.79 Å². The highest BCUT2D eigenvalue weighted by atomic mass is 16.6. The van der Waals surface area contributed by atoms with Crippen molar-refractivity contribution in [1.82, 2.24) is 10.2 Å². The van der Waals surface area contributed by atoms with Gasteiger partial charge in [-0.05, 0) is 6.07 Å². The van der Waals surface area contributed by atoms with Crippen molar-refractivity contribution in [2.45, 2.75) is 6.23 Å². The summed E-state index contributed by atoms with van der Waals surface area (Å²) in [5, 5.41) is 2.48. The molecule has 5 heteroatoms. The van der Waals surface area contributed by atoms with Crippen LogP contribution in [0.25, 0.3) is 0 Å². The van der Waals surface area contributed by atoms with E-state index in [1.54, 1.807) is 25.2 Å². The van der Waals surface area contributed by atoms with E-state index in [4.69, 9.17) is 4.74 Å². The fourth-order valence-electron chi connectivity index (χ4n) is 1.70. The molecule has 0 saturated heterocycles. The molecule has 0 bridgehead atoms. The molecule has 5 nitrogen and oxygen atoms in total. The van der Waals surface area contributed by atoms with Crippen molar-refractivity contribution in [1.29, 1.82) is 0 Å². The molecule has 0 fully saturated rings. The molecule has 0 spiro atoms. The molecular weight excluding hydrogens is 208 g/mol. The van der Waals surface area contributed by atoms with Gasteiger partial charge < -0.3 is 10.1 Å². The van der Waals surface area contributed by atoms with Gasteiger partial charge in [0, 0.05) is 19.7 Å². The third-order valence-electron chi connectivity index (χ3n) is 2.55. The van der Waals surface area contributed by atoms with E-state index in [-0.39, 0.29) is 6.03 Å². The molecule has 2 rings (SSSR count). The predicted molar refractivity (Wildman–Crippen MR) is 56.8 cm³/mol. The van der Waals surface area contributed by atoms with Gasteiger partial charge in [0.15, 0.2) is 0 Å². The summed E-state index contributed by atoms with van der Waals surface area (Å²) >= 11 is 0. The van der Waals surface area contributed by atoms with Gasteiger partial charge in [0.25, 0.3) is 0 Å². The summed E-state index contributed by atoms with van der Waals surface area (Å²) in [6, 6.07) is 6.75. The van der Waals surface area contributed by atoms with Crippen LogP contribution >= 0.6 is 0 Å². The average Bonchev–Trinajstić information content (AvgIpc) is 2.65. The zero-order valence-electron chi connectivity index (χ0n) is 9.06. The van der Waals surface area contributed by atoms with Crippen LogP contribution in [0.3, 0.4) is 0 Å². The Morgan fingerprint density at radius 3 is 2.81 bits per heavy atom. The minimum atomic E-state index is -0.636. The summed E-state index contributed by atoms with van der Waals surface area (Å²) in [6.07, 6.45) is -0.636. The van der Waals surface area contributed by atoms with E-state index in [1.165, 1.54) is 11.9 Å². The fraction of sp³-hybridized carbons (Fsp3) is 0.273. The Kier molecular flexibility index (Phi) is 2.52. The molecule has 2 amide bonds. The summed E-state index contributed by atoms with van der Waals surface area (Å²) in [5.41, 5.74) is 1.24. The van der Waals surface area contributed by atoms with Gasteiger partial charge in [-0.2, -0.15) is 0 Å². The van der Waals surface area contributed by atoms with E-state index in [1.807, 2.05) is 6.07 Å². The largest absolute Gasteiger partial charge is 0.433 e. The van der Waals surface area contributed by atoms with Crippen LogP contribution in [0, 0.1) is 0 Å².